The second kappa shape index (κ2) is 6.48. The molecule has 2 aromatic rings. The van der Waals surface area contributed by atoms with Crippen LogP contribution in [0, 0.1) is 0 Å². The number of aromatic nitrogens is 2. The van der Waals surface area contributed by atoms with Gasteiger partial charge in [-0.1, -0.05) is 26.7 Å². The van der Waals surface area contributed by atoms with Crippen molar-refractivity contribution in [2.45, 2.75) is 51.5 Å². The van der Waals surface area contributed by atoms with E-state index in [1.165, 1.54) is 31.4 Å². The second-order valence-electron chi connectivity index (χ2n) is 6.86. The van der Waals surface area contributed by atoms with Crippen LogP contribution in [0.5, 0.6) is 0 Å². The summed E-state index contributed by atoms with van der Waals surface area (Å²) in [4.78, 5) is 15.7. The zero-order chi connectivity index (χ0) is 16.6. The molecule has 1 aliphatic carbocycles. The van der Waals surface area contributed by atoms with Gasteiger partial charge in [0.05, 0.1) is 27.2 Å². The Morgan fingerprint density at radius 3 is 2.61 bits per heavy atom. The molecule has 2 heterocycles. The quantitative estimate of drug-likeness (QED) is 0.824. The van der Waals surface area contributed by atoms with Gasteiger partial charge >= 0.3 is 0 Å². The van der Waals surface area contributed by atoms with E-state index in [0.29, 0.717) is 12.0 Å². The molecule has 4 nitrogen and oxygen atoms in total. The van der Waals surface area contributed by atoms with Crippen molar-refractivity contribution in [3.8, 4) is 10.6 Å². The van der Waals surface area contributed by atoms with Gasteiger partial charge in [0.1, 0.15) is 0 Å². The Hall–Kier alpha value is -1.62. The summed E-state index contributed by atoms with van der Waals surface area (Å²) in [6.07, 6.45) is 4.99. The van der Waals surface area contributed by atoms with Gasteiger partial charge in [-0.3, -0.25) is 9.48 Å². The first-order chi connectivity index (χ1) is 11.0. The van der Waals surface area contributed by atoms with Crippen molar-refractivity contribution in [2.75, 3.05) is 14.1 Å². The fourth-order valence-corrected chi connectivity index (χ4v) is 4.15. The first-order valence-electron chi connectivity index (χ1n) is 8.38. The lowest BCUT2D eigenvalue weighted by atomic mass is 10.1. The molecule has 1 fully saturated rings. The lowest BCUT2D eigenvalue weighted by Crippen LogP contribution is -2.20. The normalized spacial score (nSPS) is 15.5. The van der Waals surface area contributed by atoms with E-state index < -0.39 is 0 Å². The average molecular weight is 331 g/mol. The third kappa shape index (κ3) is 3.20. The molecule has 3 rings (SSSR count). The van der Waals surface area contributed by atoms with Crippen LogP contribution in [-0.4, -0.2) is 34.7 Å². The number of rotatable bonds is 4. The van der Waals surface area contributed by atoms with Crippen molar-refractivity contribution in [3.05, 3.63) is 28.8 Å². The lowest BCUT2D eigenvalue weighted by Gasteiger charge is -2.13. The molecule has 0 radical (unpaired) electrons. The highest BCUT2D eigenvalue weighted by Gasteiger charge is 2.24. The molecule has 5 heteroatoms. The maximum atomic E-state index is 12.2. The molecule has 2 aromatic heterocycles. The monoisotopic (exact) mass is 331 g/mol. The van der Waals surface area contributed by atoms with Gasteiger partial charge in [-0.05, 0) is 37.0 Å². The van der Waals surface area contributed by atoms with E-state index in [-0.39, 0.29) is 5.91 Å². The standard InChI is InChI=1S/C18H25N3OS/c1-12(2)14-11-15(21(19-14)13-7-5-6-8-13)16-9-10-17(23-16)18(22)20(3)4/h9-13H,5-8H2,1-4H3. The van der Waals surface area contributed by atoms with Crippen LogP contribution in [0.15, 0.2) is 18.2 Å². The van der Waals surface area contributed by atoms with Crippen LogP contribution in [0.1, 0.15) is 66.9 Å². The highest BCUT2D eigenvalue weighted by atomic mass is 32.1. The predicted octanol–water partition coefficient (Wildman–Crippen LogP) is 4.55. The third-order valence-corrected chi connectivity index (χ3v) is 5.59. The average Bonchev–Trinajstić information content (AvgIpc) is 3.23. The van der Waals surface area contributed by atoms with Crippen molar-refractivity contribution < 1.29 is 4.79 Å². The van der Waals surface area contributed by atoms with Crippen LogP contribution >= 0.6 is 11.3 Å². The van der Waals surface area contributed by atoms with Crippen molar-refractivity contribution in [3.63, 3.8) is 0 Å². The highest BCUT2D eigenvalue weighted by Crippen LogP contribution is 2.37. The minimum absolute atomic E-state index is 0.0669. The summed E-state index contributed by atoms with van der Waals surface area (Å²) in [5.74, 6) is 0.483. The number of amides is 1. The van der Waals surface area contributed by atoms with Crippen LogP contribution in [-0.2, 0) is 0 Å². The van der Waals surface area contributed by atoms with Crippen LogP contribution in [0.4, 0.5) is 0 Å². The Kier molecular flexibility index (Phi) is 4.57. The van der Waals surface area contributed by atoms with Crippen LogP contribution < -0.4 is 0 Å². The molecule has 0 bridgehead atoms. The Morgan fingerprint density at radius 2 is 2.00 bits per heavy atom. The van der Waals surface area contributed by atoms with Crippen LogP contribution in [0.2, 0.25) is 0 Å². The number of carbonyl (C=O) groups excluding carboxylic acids is 1. The van der Waals surface area contributed by atoms with Gasteiger partial charge in [0.2, 0.25) is 0 Å². The highest BCUT2D eigenvalue weighted by molar-refractivity contribution is 7.17. The van der Waals surface area contributed by atoms with Gasteiger partial charge in [-0.15, -0.1) is 11.3 Å². The molecule has 0 aliphatic heterocycles. The van der Waals surface area contributed by atoms with Gasteiger partial charge in [0.15, 0.2) is 0 Å². The smallest absolute Gasteiger partial charge is 0.263 e. The van der Waals surface area contributed by atoms with Gasteiger partial charge in [0.25, 0.3) is 5.91 Å². The second-order valence-corrected chi connectivity index (χ2v) is 7.94. The van der Waals surface area contributed by atoms with E-state index in [1.54, 1.807) is 30.3 Å². The van der Waals surface area contributed by atoms with Crippen molar-refractivity contribution >= 4 is 17.2 Å². The molecule has 0 unspecified atom stereocenters. The van der Waals surface area contributed by atoms with Crippen LogP contribution in [0.25, 0.3) is 10.6 Å². The van der Waals surface area contributed by atoms with E-state index in [1.807, 2.05) is 6.07 Å². The van der Waals surface area contributed by atoms with Gasteiger partial charge in [-0.25, -0.2) is 0 Å². The number of hydrogen-bond donors (Lipinski definition) is 0. The molecule has 23 heavy (non-hydrogen) atoms. The predicted molar refractivity (Wildman–Crippen MR) is 95.2 cm³/mol. The molecule has 0 N–H and O–H groups in total. The fraction of sp³-hybridized carbons (Fsp3) is 0.556. The van der Waals surface area contributed by atoms with E-state index in [9.17, 15) is 4.79 Å². The maximum Gasteiger partial charge on any atom is 0.263 e. The van der Waals surface area contributed by atoms with Gasteiger partial charge in [0, 0.05) is 14.1 Å². The van der Waals surface area contributed by atoms with Gasteiger partial charge < -0.3 is 4.90 Å². The first-order valence-corrected chi connectivity index (χ1v) is 9.20. The molecule has 0 saturated heterocycles. The molecule has 1 saturated carbocycles. The number of nitrogens with zero attached hydrogens (tertiary/aromatic N) is 3. The molecule has 1 amide bonds. The van der Waals surface area contributed by atoms with Crippen molar-refractivity contribution in [1.82, 2.24) is 14.7 Å². The Bertz CT molecular complexity index is 693. The van der Waals surface area contributed by atoms with Crippen molar-refractivity contribution in [2.24, 2.45) is 0 Å². The molecule has 124 valence electrons. The first kappa shape index (κ1) is 16.2. The van der Waals surface area contributed by atoms with Crippen LogP contribution in [0.3, 0.4) is 0 Å². The largest absolute Gasteiger partial charge is 0.344 e. The van der Waals surface area contributed by atoms with E-state index >= 15 is 0 Å². The summed E-state index contributed by atoms with van der Waals surface area (Å²) in [6, 6.07) is 6.71. The summed E-state index contributed by atoms with van der Waals surface area (Å²) in [5.41, 5.74) is 2.31. The van der Waals surface area contributed by atoms with Crippen molar-refractivity contribution in [1.29, 1.82) is 0 Å². The minimum atomic E-state index is 0.0669. The lowest BCUT2D eigenvalue weighted by molar-refractivity contribution is 0.0832. The maximum absolute atomic E-state index is 12.2. The summed E-state index contributed by atoms with van der Waals surface area (Å²) < 4.78 is 2.22. The van der Waals surface area contributed by atoms with Gasteiger partial charge in [-0.2, -0.15) is 5.10 Å². The summed E-state index contributed by atoms with van der Waals surface area (Å²) in [6.45, 7) is 4.36. The number of thiophene rings is 1. The fourth-order valence-electron chi connectivity index (χ4n) is 3.12. The Morgan fingerprint density at radius 1 is 1.30 bits per heavy atom. The zero-order valence-electron chi connectivity index (χ0n) is 14.4. The molecule has 0 aromatic carbocycles. The Labute approximate surface area is 142 Å². The third-order valence-electron chi connectivity index (χ3n) is 4.49. The topological polar surface area (TPSA) is 38.1 Å². The molecule has 0 spiro atoms. The summed E-state index contributed by atoms with van der Waals surface area (Å²) in [5, 5.41) is 4.89. The minimum Gasteiger partial charge on any atom is -0.344 e. The van der Waals surface area contributed by atoms with E-state index in [0.717, 1.165) is 15.4 Å². The zero-order valence-corrected chi connectivity index (χ0v) is 15.2. The molecule has 0 atom stereocenters. The molecule has 1 aliphatic rings. The SMILES string of the molecule is CC(C)c1cc(-c2ccc(C(=O)N(C)C)s2)n(C2CCCC2)n1. The van der Waals surface area contributed by atoms with E-state index in [2.05, 4.69) is 30.7 Å². The Balaban J connectivity index is 1.99. The molecular weight excluding hydrogens is 306 g/mol. The molecular formula is C18H25N3OS. The summed E-state index contributed by atoms with van der Waals surface area (Å²) in [7, 11) is 3.59. The number of hydrogen-bond acceptors (Lipinski definition) is 3. The summed E-state index contributed by atoms with van der Waals surface area (Å²) >= 11 is 1.57. The number of carbonyl (C=O) groups is 1. The van der Waals surface area contributed by atoms with E-state index in [4.69, 9.17) is 5.10 Å².